The highest BCUT2D eigenvalue weighted by molar-refractivity contribution is 7.98. The molecule has 6 heteroatoms. The lowest BCUT2D eigenvalue weighted by Gasteiger charge is -2.10. The van der Waals surface area contributed by atoms with Crippen molar-refractivity contribution in [2.75, 3.05) is 16.9 Å². The van der Waals surface area contributed by atoms with E-state index in [0.29, 0.717) is 5.69 Å². The monoisotopic (exact) mass is 302 g/mol. The molecule has 2 aromatic rings. The van der Waals surface area contributed by atoms with E-state index in [0.717, 1.165) is 10.6 Å². The Kier molecular flexibility index (Phi) is 4.84. The van der Waals surface area contributed by atoms with Gasteiger partial charge in [-0.15, -0.1) is 11.8 Å². The molecule has 0 aliphatic heterocycles. The van der Waals surface area contributed by atoms with Crippen molar-refractivity contribution in [3.8, 4) is 0 Å². The van der Waals surface area contributed by atoms with Crippen LogP contribution in [-0.2, 0) is 0 Å². The first kappa shape index (κ1) is 14.9. The van der Waals surface area contributed by atoms with Crippen molar-refractivity contribution >= 4 is 35.1 Å². The molecular weight excluding hydrogens is 288 g/mol. The van der Waals surface area contributed by atoms with Crippen LogP contribution in [0.2, 0.25) is 0 Å². The zero-order valence-corrected chi connectivity index (χ0v) is 12.1. The Balaban J connectivity index is 2.03. The number of benzene rings is 2. The molecule has 21 heavy (non-hydrogen) atoms. The number of aromatic carboxylic acids is 1. The summed E-state index contributed by atoms with van der Waals surface area (Å²) in [6.45, 7) is 0. The maximum absolute atomic E-state index is 11.9. The lowest BCUT2D eigenvalue weighted by Crippen LogP contribution is -2.19. The summed E-state index contributed by atoms with van der Waals surface area (Å²) in [6, 6.07) is 13.1. The molecule has 0 unspecified atom stereocenters. The molecule has 0 spiro atoms. The van der Waals surface area contributed by atoms with Crippen molar-refractivity contribution in [3.63, 3.8) is 0 Å². The van der Waals surface area contributed by atoms with Gasteiger partial charge in [-0.1, -0.05) is 12.1 Å². The third kappa shape index (κ3) is 4.00. The maximum Gasteiger partial charge on any atom is 0.335 e. The molecule has 2 amide bonds. The number of nitrogens with one attached hydrogen (secondary N) is 2. The molecule has 0 radical (unpaired) electrons. The summed E-state index contributed by atoms with van der Waals surface area (Å²) in [4.78, 5) is 23.6. The van der Waals surface area contributed by atoms with Crippen molar-refractivity contribution in [3.05, 3.63) is 54.1 Å². The molecule has 0 fully saturated rings. The van der Waals surface area contributed by atoms with Crippen LogP contribution in [0.4, 0.5) is 16.2 Å². The van der Waals surface area contributed by atoms with Crippen molar-refractivity contribution in [1.29, 1.82) is 0 Å². The predicted octanol–water partition coefficient (Wildman–Crippen LogP) is 3.75. The standard InChI is InChI=1S/C15H14N2O3S/c1-21-13-5-3-2-4-12(13)17-15(20)16-11-8-6-10(7-9-11)14(18)19/h2-9H,1H3,(H,18,19)(H2,16,17,20). The Labute approximate surface area is 126 Å². The first-order valence-corrected chi connectivity index (χ1v) is 7.37. The Hall–Kier alpha value is -2.47. The van der Waals surface area contributed by atoms with Gasteiger partial charge in [0.1, 0.15) is 0 Å². The first-order valence-electron chi connectivity index (χ1n) is 6.14. The van der Waals surface area contributed by atoms with Gasteiger partial charge in [0.05, 0.1) is 11.3 Å². The fraction of sp³-hybridized carbons (Fsp3) is 0.0667. The van der Waals surface area contributed by atoms with Crippen LogP contribution in [0.5, 0.6) is 0 Å². The molecule has 5 nitrogen and oxygen atoms in total. The molecule has 108 valence electrons. The molecule has 0 atom stereocenters. The third-order valence-electron chi connectivity index (χ3n) is 2.74. The smallest absolute Gasteiger partial charge is 0.335 e. The van der Waals surface area contributed by atoms with Gasteiger partial charge in [0.15, 0.2) is 0 Å². The second-order valence-electron chi connectivity index (χ2n) is 4.16. The summed E-state index contributed by atoms with van der Waals surface area (Å²) in [7, 11) is 0. The third-order valence-corrected chi connectivity index (χ3v) is 3.54. The lowest BCUT2D eigenvalue weighted by molar-refractivity contribution is 0.0697. The summed E-state index contributed by atoms with van der Waals surface area (Å²) in [6.07, 6.45) is 1.93. The van der Waals surface area contributed by atoms with E-state index in [2.05, 4.69) is 10.6 Å². The van der Waals surface area contributed by atoms with Crippen LogP contribution < -0.4 is 10.6 Å². The van der Waals surface area contributed by atoms with E-state index in [4.69, 9.17) is 5.11 Å². The van der Waals surface area contributed by atoms with E-state index in [1.54, 1.807) is 23.9 Å². The van der Waals surface area contributed by atoms with E-state index < -0.39 is 5.97 Å². The second kappa shape index (κ2) is 6.81. The molecule has 3 N–H and O–H groups in total. The van der Waals surface area contributed by atoms with Gasteiger partial charge in [0, 0.05) is 10.6 Å². The Morgan fingerprint density at radius 1 is 1.00 bits per heavy atom. The van der Waals surface area contributed by atoms with Crippen LogP contribution in [0.3, 0.4) is 0 Å². The number of carbonyl (C=O) groups excluding carboxylic acids is 1. The van der Waals surface area contributed by atoms with Gasteiger partial charge < -0.3 is 15.7 Å². The van der Waals surface area contributed by atoms with E-state index in [1.807, 2.05) is 30.5 Å². The average Bonchev–Trinajstić information content (AvgIpc) is 2.48. The highest BCUT2D eigenvalue weighted by Crippen LogP contribution is 2.24. The normalized spacial score (nSPS) is 9.95. The zero-order valence-electron chi connectivity index (χ0n) is 11.3. The van der Waals surface area contributed by atoms with Gasteiger partial charge in [0.2, 0.25) is 0 Å². The molecule has 0 aliphatic rings. The van der Waals surface area contributed by atoms with Gasteiger partial charge >= 0.3 is 12.0 Å². The highest BCUT2D eigenvalue weighted by Gasteiger charge is 2.07. The van der Waals surface area contributed by atoms with E-state index in [9.17, 15) is 9.59 Å². The molecule has 2 rings (SSSR count). The van der Waals surface area contributed by atoms with Crippen LogP contribution in [0.1, 0.15) is 10.4 Å². The summed E-state index contributed by atoms with van der Waals surface area (Å²) < 4.78 is 0. The Morgan fingerprint density at radius 2 is 1.67 bits per heavy atom. The van der Waals surface area contributed by atoms with Gasteiger partial charge in [0.25, 0.3) is 0 Å². The lowest BCUT2D eigenvalue weighted by atomic mass is 10.2. The van der Waals surface area contributed by atoms with Gasteiger partial charge in [-0.25, -0.2) is 9.59 Å². The summed E-state index contributed by atoms with van der Waals surface area (Å²) >= 11 is 1.54. The highest BCUT2D eigenvalue weighted by atomic mass is 32.2. The van der Waals surface area contributed by atoms with Crippen LogP contribution in [0, 0.1) is 0 Å². The van der Waals surface area contributed by atoms with Gasteiger partial charge in [-0.3, -0.25) is 0 Å². The number of carboxylic acids is 1. The average molecular weight is 302 g/mol. The van der Waals surface area contributed by atoms with Crippen LogP contribution in [-0.4, -0.2) is 23.4 Å². The van der Waals surface area contributed by atoms with Crippen molar-refractivity contribution in [1.82, 2.24) is 0 Å². The Bertz CT molecular complexity index is 656. The van der Waals surface area contributed by atoms with Crippen LogP contribution >= 0.6 is 11.8 Å². The first-order chi connectivity index (χ1) is 10.1. The number of carboxylic acid groups (broad SMARTS) is 1. The molecule has 0 saturated carbocycles. The minimum absolute atomic E-state index is 0.175. The molecule has 2 aromatic carbocycles. The van der Waals surface area contributed by atoms with Crippen LogP contribution in [0.25, 0.3) is 0 Å². The summed E-state index contributed by atoms with van der Waals surface area (Å²) in [5, 5.41) is 14.2. The quantitative estimate of drug-likeness (QED) is 0.752. The summed E-state index contributed by atoms with van der Waals surface area (Å²) in [5.41, 5.74) is 1.43. The SMILES string of the molecule is CSc1ccccc1NC(=O)Nc1ccc(C(=O)O)cc1. The molecule has 0 heterocycles. The fourth-order valence-electron chi connectivity index (χ4n) is 1.73. The van der Waals surface area contributed by atoms with E-state index in [-0.39, 0.29) is 11.6 Å². The van der Waals surface area contributed by atoms with Gasteiger partial charge in [-0.05, 0) is 42.7 Å². The Morgan fingerprint density at radius 3 is 2.29 bits per heavy atom. The maximum atomic E-state index is 11.9. The fourth-order valence-corrected chi connectivity index (χ4v) is 2.28. The minimum atomic E-state index is -1.00. The number of para-hydroxylation sites is 1. The molecule has 0 aliphatic carbocycles. The number of rotatable bonds is 4. The van der Waals surface area contributed by atoms with Crippen molar-refractivity contribution < 1.29 is 14.7 Å². The minimum Gasteiger partial charge on any atom is -0.478 e. The number of urea groups is 1. The van der Waals surface area contributed by atoms with E-state index in [1.165, 1.54) is 12.1 Å². The predicted molar refractivity (Wildman–Crippen MR) is 84.3 cm³/mol. The van der Waals surface area contributed by atoms with E-state index >= 15 is 0 Å². The topological polar surface area (TPSA) is 78.4 Å². The van der Waals surface area contributed by atoms with Crippen molar-refractivity contribution in [2.45, 2.75) is 4.90 Å². The number of hydrogen-bond acceptors (Lipinski definition) is 3. The molecule has 0 aromatic heterocycles. The molecule has 0 bridgehead atoms. The second-order valence-corrected chi connectivity index (χ2v) is 5.01. The largest absolute Gasteiger partial charge is 0.478 e. The number of hydrogen-bond donors (Lipinski definition) is 3. The molecular formula is C15H14N2O3S. The van der Waals surface area contributed by atoms with Gasteiger partial charge in [-0.2, -0.15) is 0 Å². The number of thioether (sulfide) groups is 1. The van der Waals surface area contributed by atoms with Crippen LogP contribution in [0.15, 0.2) is 53.4 Å². The summed E-state index contributed by atoms with van der Waals surface area (Å²) in [5.74, 6) is -1.00. The number of carbonyl (C=O) groups is 2. The zero-order chi connectivity index (χ0) is 15.2. The molecule has 0 saturated heterocycles. The number of anilines is 2. The van der Waals surface area contributed by atoms with Crippen molar-refractivity contribution in [2.24, 2.45) is 0 Å². The number of amides is 2.